The minimum Gasteiger partial charge on any atom is -0.490 e. The normalized spacial score (nSPS) is 11.9. The predicted octanol–water partition coefficient (Wildman–Crippen LogP) is 2.16. The Morgan fingerprint density at radius 1 is 1.29 bits per heavy atom. The summed E-state index contributed by atoms with van der Waals surface area (Å²) < 4.78 is 16.6. The van der Waals surface area contributed by atoms with E-state index >= 15 is 0 Å². The number of amides is 1. The number of carbonyl (C=O) groups excluding carboxylic acids is 1. The SMILES string of the molecule is CCOc1cc(Br)c(NC(=O)C(N)COC)cc1OCC. The van der Waals surface area contributed by atoms with Crippen molar-refractivity contribution in [3.05, 3.63) is 16.6 Å². The van der Waals surface area contributed by atoms with E-state index in [0.29, 0.717) is 34.9 Å². The number of rotatable bonds is 8. The maximum absolute atomic E-state index is 11.9. The molecule has 6 nitrogen and oxygen atoms in total. The molecule has 0 aromatic heterocycles. The fraction of sp³-hybridized carbons (Fsp3) is 0.500. The van der Waals surface area contributed by atoms with Crippen LogP contribution in [-0.4, -0.2) is 38.9 Å². The first-order valence-electron chi connectivity index (χ1n) is 6.67. The van der Waals surface area contributed by atoms with E-state index in [1.54, 1.807) is 12.1 Å². The lowest BCUT2D eigenvalue weighted by Gasteiger charge is -2.16. The molecule has 0 fully saturated rings. The number of ether oxygens (including phenoxy) is 3. The molecule has 1 unspecified atom stereocenters. The van der Waals surface area contributed by atoms with E-state index in [1.807, 2.05) is 13.8 Å². The fourth-order valence-electron chi connectivity index (χ4n) is 1.65. The smallest absolute Gasteiger partial charge is 0.243 e. The molecule has 0 spiro atoms. The monoisotopic (exact) mass is 360 g/mol. The highest BCUT2D eigenvalue weighted by atomic mass is 79.9. The summed E-state index contributed by atoms with van der Waals surface area (Å²) in [4.78, 5) is 11.9. The number of methoxy groups -OCH3 is 1. The van der Waals surface area contributed by atoms with Crippen molar-refractivity contribution in [3.63, 3.8) is 0 Å². The quantitative estimate of drug-likeness (QED) is 0.742. The number of carbonyl (C=O) groups is 1. The number of nitrogens with one attached hydrogen (secondary N) is 1. The van der Waals surface area contributed by atoms with Crippen LogP contribution in [0.1, 0.15) is 13.8 Å². The first-order chi connectivity index (χ1) is 10.0. The van der Waals surface area contributed by atoms with Gasteiger partial charge >= 0.3 is 0 Å². The number of halogens is 1. The van der Waals surface area contributed by atoms with Crippen LogP contribution in [0.4, 0.5) is 5.69 Å². The third-order valence-electron chi connectivity index (χ3n) is 2.57. The van der Waals surface area contributed by atoms with Crippen LogP contribution in [0.25, 0.3) is 0 Å². The topological polar surface area (TPSA) is 82.8 Å². The molecule has 1 atom stereocenters. The highest BCUT2D eigenvalue weighted by Gasteiger charge is 2.17. The number of nitrogens with two attached hydrogens (primary N) is 1. The van der Waals surface area contributed by atoms with E-state index in [1.165, 1.54) is 7.11 Å². The van der Waals surface area contributed by atoms with Gasteiger partial charge in [-0.25, -0.2) is 0 Å². The Labute approximate surface area is 133 Å². The van der Waals surface area contributed by atoms with Crippen LogP contribution in [0.2, 0.25) is 0 Å². The van der Waals surface area contributed by atoms with Crippen LogP contribution in [0.15, 0.2) is 16.6 Å². The van der Waals surface area contributed by atoms with Crippen molar-refractivity contribution in [2.75, 3.05) is 32.2 Å². The van der Waals surface area contributed by atoms with E-state index in [9.17, 15) is 4.79 Å². The largest absolute Gasteiger partial charge is 0.490 e. The fourth-order valence-corrected chi connectivity index (χ4v) is 2.07. The first kappa shape index (κ1) is 17.7. The molecule has 118 valence electrons. The summed E-state index contributed by atoms with van der Waals surface area (Å²) in [5.41, 5.74) is 6.26. The third-order valence-corrected chi connectivity index (χ3v) is 3.23. The molecule has 0 aliphatic heterocycles. The summed E-state index contributed by atoms with van der Waals surface area (Å²) in [5.74, 6) is 0.854. The van der Waals surface area contributed by atoms with E-state index in [-0.39, 0.29) is 12.5 Å². The van der Waals surface area contributed by atoms with Crippen molar-refractivity contribution in [2.45, 2.75) is 19.9 Å². The summed E-state index contributed by atoms with van der Waals surface area (Å²) in [7, 11) is 1.49. The molecule has 0 saturated carbocycles. The van der Waals surface area contributed by atoms with Crippen molar-refractivity contribution in [3.8, 4) is 11.5 Å². The zero-order valence-electron chi connectivity index (χ0n) is 12.4. The first-order valence-corrected chi connectivity index (χ1v) is 7.47. The van der Waals surface area contributed by atoms with Crippen molar-refractivity contribution in [1.29, 1.82) is 0 Å². The molecule has 1 amide bonds. The second-order valence-corrected chi connectivity index (χ2v) is 5.05. The van der Waals surface area contributed by atoms with Crippen LogP contribution in [0.5, 0.6) is 11.5 Å². The second-order valence-electron chi connectivity index (χ2n) is 4.20. The Morgan fingerprint density at radius 2 is 1.86 bits per heavy atom. The van der Waals surface area contributed by atoms with Gasteiger partial charge in [0.15, 0.2) is 11.5 Å². The lowest BCUT2D eigenvalue weighted by atomic mass is 10.2. The number of hydrogen-bond acceptors (Lipinski definition) is 5. The highest BCUT2D eigenvalue weighted by molar-refractivity contribution is 9.10. The number of hydrogen-bond donors (Lipinski definition) is 2. The Balaban J connectivity index is 2.96. The molecule has 0 bridgehead atoms. The van der Waals surface area contributed by atoms with E-state index in [0.717, 1.165) is 0 Å². The van der Waals surface area contributed by atoms with Gasteiger partial charge in [-0.3, -0.25) is 4.79 Å². The zero-order chi connectivity index (χ0) is 15.8. The standard InChI is InChI=1S/C14H21BrN2O4/c1-4-20-12-6-9(15)11(7-13(12)21-5-2)17-14(18)10(16)8-19-3/h6-7,10H,4-5,8,16H2,1-3H3,(H,17,18). The molecule has 7 heteroatoms. The molecule has 21 heavy (non-hydrogen) atoms. The average molecular weight is 361 g/mol. The average Bonchev–Trinajstić information content (AvgIpc) is 2.44. The molecule has 0 aliphatic rings. The Bertz CT molecular complexity index is 482. The van der Waals surface area contributed by atoms with Crippen molar-refractivity contribution < 1.29 is 19.0 Å². The second kappa shape index (κ2) is 8.86. The van der Waals surface area contributed by atoms with E-state index < -0.39 is 6.04 Å². The van der Waals surface area contributed by atoms with Gasteiger partial charge in [0.2, 0.25) is 5.91 Å². The van der Waals surface area contributed by atoms with Gasteiger partial charge in [-0.1, -0.05) is 0 Å². The summed E-state index contributed by atoms with van der Waals surface area (Å²) in [6, 6.07) is 2.73. The summed E-state index contributed by atoms with van der Waals surface area (Å²) in [6.07, 6.45) is 0. The third kappa shape index (κ3) is 5.18. The van der Waals surface area contributed by atoms with Gasteiger partial charge in [-0.15, -0.1) is 0 Å². The molecule has 0 heterocycles. The minimum absolute atomic E-state index is 0.152. The number of anilines is 1. The molecule has 1 rings (SSSR count). The Hall–Kier alpha value is -1.31. The van der Waals surface area contributed by atoms with Gasteiger partial charge in [0, 0.05) is 23.7 Å². The molecule has 0 aliphatic carbocycles. The summed E-state index contributed by atoms with van der Waals surface area (Å²) in [5, 5.41) is 2.74. The molecular weight excluding hydrogens is 340 g/mol. The molecule has 0 saturated heterocycles. The lowest BCUT2D eigenvalue weighted by Crippen LogP contribution is -2.39. The minimum atomic E-state index is -0.732. The van der Waals surface area contributed by atoms with Crippen LogP contribution in [0.3, 0.4) is 0 Å². The van der Waals surface area contributed by atoms with Crippen molar-refractivity contribution in [2.24, 2.45) is 5.73 Å². The van der Waals surface area contributed by atoms with Crippen LogP contribution >= 0.6 is 15.9 Å². The molecular formula is C14H21BrN2O4. The Morgan fingerprint density at radius 3 is 2.38 bits per heavy atom. The maximum Gasteiger partial charge on any atom is 0.243 e. The van der Waals surface area contributed by atoms with Gasteiger partial charge in [-0.05, 0) is 29.8 Å². The molecule has 3 N–H and O–H groups in total. The maximum atomic E-state index is 11.9. The van der Waals surface area contributed by atoms with Gasteiger partial charge in [0.05, 0.1) is 25.5 Å². The van der Waals surface area contributed by atoms with Gasteiger partial charge in [0.25, 0.3) is 0 Å². The van der Waals surface area contributed by atoms with Gasteiger partial charge in [0.1, 0.15) is 6.04 Å². The van der Waals surface area contributed by atoms with Crippen molar-refractivity contribution >= 4 is 27.5 Å². The zero-order valence-corrected chi connectivity index (χ0v) is 14.0. The van der Waals surface area contributed by atoms with Gasteiger partial charge < -0.3 is 25.3 Å². The molecule has 0 radical (unpaired) electrons. The summed E-state index contributed by atoms with van der Waals surface area (Å²) >= 11 is 3.40. The van der Waals surface area contributed by atoms with Crippen LogP contribution in [-0.2, 0) is 9.53 Å². The van der Waals surface area contributed by atoms with Crippen LogP contribution < -0.4 is 20.5 Å². The Kier molecular flexibility index (Phi) is 7.49. The van der Waals surface area contributed by atoms with Gasteiger partial charge in [-0.2, -0.15) is 0 Å². The van der Waals surface area contributed by atoms with Crippen LogP contribution in [0, 0.1) is 0 Å². The van der Waals surface area contributed by atoms with E-state index in [4.69, 9.17) is 19.9 Å². The molecule has 1 aromatic carbocycles. The summed E-state index contributed by atoms with van der Waals surface area (Å²) in [6.45, 7) is 4.95. The predicted molar refractivity (Wildman–Crippen MR) is 85.0 cm³/mol. The lowest BCUT2D eigenvalue weighted by molar-refractivity contribution is -0.118. The van der Waals surface area contributed by atoms with Crippen molar-refractivity contribution in [1.82, 2.24) is 0 Å². The van der Waals surface area contributed by atoms with E-state index in [2.05, 4.69) is 21.2 Å². The number of benzene rings is 1. The highest BCUT2D eigenvalue weighted by Crippen LogP contribution is 2.36. The molecule has 1 aromatic rings.